The summed E-state index contributed by atoms with van der Waals surface area (Å²) in [5.41, 5.74) is 6.74. The lowest BCUT2D eigenvalue weighted by atomic mass is 10.3. The lowest BCUT2D eigenvalue weighted by Gasteiger charge is -2.21. The van der Waals surface area contributed by atoms with Crippen molar-refractivity contribution in [1.82, 2.24) is 14.8 Å². The van der Waals surface area contributed by atoms with Gasteiger partial charge in [0, 0.05) is 32.0 Å². The van der Waals surface area contributed by atoms with Gasteiger partial charge in [0.2, 0.25) is 0 Å². The average Bonchev–Trinajstić information content (AvgIpc) is 2.95. The molecule has 0 spiro atoms. The Hall–Kier alpha value is -1.49. The molecule has 1 amide bonds. The Labute approximate surface area is 102 Å². The molecule has 1 aliphatic heterocycles. The Morgan fingerprint density at radius 1 is 1.53 bits per heavy atom. The fourth-order valence-corrected chi connectivity index (χ4v) is 2.14. The van der Waals surface area contributed by atoms with E-state index in [1.165, 1.54) is 12.8 Å². The summed E-state index contributed by atoms with van der Waals surface area (Å²) in [4.78, 5) is 19.0. The number of hydrogen-bond donors (Lipinski definition) is 2. The van der Waals surface area contributed by atoms with Crippen LogP contribution in [-0.2, 0) is 0 Å². The number of nitrogen functional groups attached to an aromatic ring is 1. The molecule has 94 valence electrons. The second kappa shape index (κ2) is 5.23. The third kappa shape index (κ3) is 3.00. The van der Waals surface area contributed by atoms with Crippen LogP contribution < -0.4 is 5.73 Å². The zero-order valence-corrected chi connectivity index (χ0v) is 10.3. The van der Waals surface area contributed by atoms with E-state index in [0.29, 0.717) is 11.4 Å². The van der Waals surface area contributed by atoms with E-state index in [1.54, 1.807) is 17.2 Å². The van der Waals surface area contributed by atoms with Gasteiger partial charge in [0.15, 0.2) is 0 Å². The maximum atomic E-state index is 12.0. The zero-order valence-electron chi connectivity index (χ0n) is 10.3. The molecule has 0 aromatic carbocycles. The molecule has 0 saturated carbocycles. The Morgan fingerprint density at radius 3 is 2.82 bits per heavy atom. The van der Waals surface area contributed by atoms with Crippen molar-refractivity contribution >= 4 is 11.6 Å². The molecule has 0 aliphatic carbocycles. The SMILES string of the molecule is CN(CCN1CCCC1)C(=O)c1cc(N)c[nH]1. The standard InChI is InChI=1S/C12H20N4O/c1-15(6-7-16-4-2-3-5-16)12(17)11-8-10(13)9-14-11/h8-9,14H,2-7,13H2,1H3. The molecule has 1 fully saturated rings. The first kappa shape index (κ1) is 12.0. The first-order valence-electron chi connectivity index (χ1n) is 6.08. The van der Waals surface area contributed by atoms with Crippen molar-refractivity contribution in [3.05, 3.63) is 18.0 Å². The Balaban J connectivity index is 1.82. The van der Waals surface area contributed by atoms with E-state index in [4.69, 9.17) is 5.73 Å². The quantitative estimate of drug-likeness (QED) is 0.811. The number of nitrogens with two attached hydrogens (primary N) is 1. The third-order valence-electron chi connectivity index (χ3n) is 3.23. The van der Waals surface area contributed by atoms with Crippen LogP contribution in [0, 0.1) is 0 Å². The van der Waals surface area contributed by atoms with Gasteiger partial charge in [0.25, 0.3) is 5.91 Å². The third-order valence-corrected chi connectivity index (χ3v) is 3.23. The summed E-state index contributed by atoms with van der Waals surface area (Å²) in [6.45, 7) is 4.05. The van der Waals surface area contributed by atoms with Gasteiger partial charge in [-0.05, 0) is 32.0 Å². The molecule has 0 bridgehead atoms. The van der Waals surface area contributed by atoms with Crippen LogP contribution in [-0.4, -0.2) is 53.9 Å². The fraction of sp³-hybridized carbons (Fsp3) is 0.583. The second-order valence-electron chi connectivity index (χ2n) is 4.62. The van der Waals surface area contributed by atoms with Crippen molar-refractivity contribution in [3.63, 3.8) is 0 Å². The van der Waals surface area contributed by atoms with Crippen molar-refractivity contribution in [2.45, 2.75) is 12.8 Å². The molecule has 3 N–H and O–H groups in total. The summed E-state index contributed by atoms with van der Waals surface area (Å²) in [7, 11) is 1.83. The number of hydrogen-bond acceptors (Lipinski definition) is 3. The number of nitrogens with one attached hydrogen (secondary N) is 1. The Bertz CT molecular complexity index is 382. The molecule has 0 radical (unpaired) electrons. The molecular formula is C12H20N4O. The molecule has 1 saturated heterocycles. The summed E-state index contributed by atoms with van der Waals surface area (Å²) in [6, 6.07) is 1.68. The van der Waals surface area contributed by atoms with Crippen LogP contribution in [0.4, 0.5) is 5.69 Å². The number of amides is 1. The molecule has 2 heterocycles. The van der Waals surface area contributed by atoms with Gasteiger partial charge in [-0.2, -0.15) is 0 Å². The van der Waals surface area contributed by atoms with Crippen molar-refractivity contribution < 1.29 is 4.79 Å². The molecular weight excluding hydrogens is 216 g/mol. The highest BCUT2D eigenvalue weighted by atomic mass is 16.2. The van der Waals surface area contributed by atoms with Crippen molar-refractivity contribution in [3.8, 4) is 0 Å². The van der Waals surface area contributed by atoms with Gasteiger partial charge in [0.05, 0.1) is 0 Å². The molecule has 0 unspecified atom stereocenters. The number of carbonyl (C=O) groups is 1. The minimum atomic E-state index is 0.000830. The maximum absolute atomic E-state index is 12.0. The number of aromatic nitrogens is 1. The van der Waals surface area contributed by atoms with E-state index >= 15 is 0 Å². The van der Waals surface area contributed by atoms with Crippen LogP contribution in [0.1, 0.15) is 23.3 Å². The Kier molecular flexibility index (Phi) is 3.68. The maximum Gasteiger partial charge on any atom is 0.270 e. The molecule has 1 aromatic rings. The summed E-state index contributed by atoms with van der Waals surface area (Å²) in [5, 5.41) is 0. The van der Waals surface area contributed by atoms with Gasteiger partial charge in [-0.15, -0.1) is 0 Å². The number of carbonyl (C=O) groups excluding carboxylic acids is 1. The van der Waals surface area contributed by atoms with E-state index in [-0.39, 0.29) is 5.91 Å². The van der Waals surface area contributed by atoms with Crippen LogP contribution in [0.2, 0.25) is 0 Å². The van der Waals surface area contributed by atoms with Crippen molar-refractivity contribution in [2.24, 2.45) is 0 Å². The van der Waals surface area contributed by atoms with Crippen molar-refractivity contribution in [2.75, 3.05) is 39.0 Å². The average molecular weight is 236 g/mol. The predicted molar refractivity (Wildman–Crippen MR) is 67.8 cm³/mol. The van der Waals surface area contributed by atoms with Crippen LogP contribution in [0.25, 0.3) is 0 Å². The number of nitrogens with zero attached hydrogens (tertiary/aromatic N) is 2. The molecule has 5 heteroatoms. The second-order valence-corrected chi connectivity index (χ2v) is 4.62. The van der Waals surface area contributed by atoms with Crippen LogP contribution in [0.5, 0.6) is 0 Å². The van der Waals surface area contributed by atoms with Crippen LogP contribution in [0.15, 0.2) is 12.3 Å². The van der Waals surface area contributed by atoms with Gasteiger partial charge in [0.1, 0.15) is 5.69 Å². The summed E-state index contributed by atoms with van der Waals surface area (Å²) in [6.07, 6.45) is 4.21. The summed E-state index contributed by atoms with van der Waals surface area (Å²) < 4.78 is 0. The molecule has 0 atom stereocenters. The van der Waals surface area contributed by atoms with Crippen molar-refractivity contribution in [1.29, 1.82) is 0 Å². The van der Waals surface area contributed by atoms with Crippen LogP contribution >= 0.6 is 0 Å². The van der Waals surface area contributed by atoms with Gasteiger partial charge in [-0.3, -0.25) is 4.79 Å². The lowest BCUT2D eigenvalue weighted by Crippen LogP contribution is -2.35. The Morgan fingerprint density at radius 2 is 2.24 bits per heavy atom. The lowest BCUT2D eigenvalue weighted by molar-refractivity contribution is 0.0777. The minimum Gasteiger partial charge on any atom is -0.397 e. The van der Waals surface area contributed by atoms with E-state index in [1.807, 2.05) is 7.05 Å². The fourth-order valence-electron chi connectivity index (χ4n) is 2.14. The molecule has 1 aromatic heterocycles. The highest BCUT2D eigenvalue weighted by Crippen LogP contribution is 2.09. The van der Waals surface area contributed by atoms with Gasteiger partial charge in [-0.25, -0.2) is 0 Å². The predicted octanol–water partition coefficient (Wildman–Crippen LogP) is 0.765. The number of anilines is 1. The molecule has 17 heavy (non-hydrogen) atoms. The van der Waals surface area contributed by atoms with Crippen LogP contribution in [0.3, 0.4) is 0 Å². The number of aromatic amines is 1. The normalized spacial score (nSPS) is 16.3. The van der Waals surface area contributed by atoms with Gasteiger partial charge >= 0.3 is 0 Å². The first-order valence-corrected chi connectivity index (χ1v) is 6.08. The summed E-state index contributed by atoms with van der Waals surface area (Å²) in [5.74, 6) is 0.000830. The summed E-state index contributed by atoms with van der Waals surface area (Å²) >= 11 is 0. The van der Waals surface area contributed by atoms with E-state index < -0.39 is 0 Å². The van der Waals surface area contributed by atoms with Gasteiger partial charge < -0.3 is 20.5 Å². The smallest absolute Gasteiger partial charge is 0.270 e. The number of likely N-dealkylation sites (tertiary alicyclic amines) is 1. The first-order chi connectivity index (χ1) is 8.16. The monoisotopic (exact) mass is 236 g/mol. The highest BCUT2D eigenvalue weighted by Gasteiger charge is 2.16. The van der Waals surface area contributed by atoms with E-state index in [0.717, 1.165) is 26.2 Å². The zero-order chi connectivity index (χ0) is 12.3. The largest absolute Gasteiger partial charge is 0.397 e. The van der Waals surface area contributed by atoms with E-state index in [9.17, 15) is 4.79 Å². The number of H-pyrrole nitrogens is 1. The molecule has 5 nitrogen and oxygen atoms in total. The molecule has 1 aliphatic rings. The topological polar surface area (TPSA) is 65.4 Å². The minimum absolute atomic E-state index is 0.000830. The number of likely N-dealkylation sites (N-methyl/N-ethyl adjacent to an activating group) is 1. The molecule has 2 rings (SSSR count). The highest BCUT2D eigenvalue weighted by molar-refractivity contribution is 5.93. The van der Waals surface area contributed by atoms with Gasteiger partial charge in [-0.1, -0.05) is 0 Å². The number of rotatable bonds is 4. The van der Waals surface area contributed by atoms with E-state index in [2.05, 4.69) is 9.88 Å².